The van der Waals surface area contributed by atoms with Gasteiger partial charge in [0.2, 0.25) is 0 Å². The SMILES string of the molecule is O[C@H]1C[C@@H](c2cc(F)ccc2F)N(Cc2ncccn2)C1. The van der Waals surface area contributed by atoms with Gasteiger partial charge in [-0.15, -0.1) is 0 Å². The van der Waals surface area contributed by atoms with Crippen molar-refractivity contribution in [1.29, 1.82) is 0 Å². The van der Waals surface area contributed by atoms with Gasteiger partial charge < -0.3 is 5.11 Å². The van der Waals surface area contributed by atoms with Crippen molar-refractivity contribution < 1.29 is 13.9 Å². The number of halogens is 2. The third kappa shape index (κ3) is 3.06. The summed E-state index contributed by atoms with van der Waals surface area (Å²) in [5, 5.41) is 9.87. The number of likely N-dealkylation sites (tertiary alicyclic amines) is 1. The first-order valence-electron chi connectivity index (χ1n) is 6.76. The molecule has 2 aromatic rings. The van der Waals surface area contributed by atoms with Crippen molar-refractivity contribution >= 4 is 0 Å². The summed E-state index contributed by atoms with van der Waals surface area (Å²) in [4.78, 5) is 10.1. The minimum atomic E-state index is -0.568. The Morgan fingerprint density at radius 2 is 2.00 bits per heavy atom. The first-order chi connectivity index (χ1) is 10.1. The molecule has 21 heavy (non-hydrogen) atoms. The van der Waals surface area contributed by atoms with Gasteiger partial charge in [0.15, 0.2) is 0 Å². The van der Waals surface area contributed by atoms with Crippen LogP contribution in [0.25, 0.3) is 0 Å². The van der Waals surface area contributed by atoms with Crippen LogP contribution in [-0.2, 0) is 6.54 Å². The molecule has 2 heterocycles. The van der Waals surface area contributed by atoms with Crippen LogP contribution in [0.2, 0.25) is 0 Å². The van der Waals surface area contributed by atoms with E-state index < -0.39 is 17.7 Å². The molecule has 1 aliphatic heterocycles. The van der Waals surface area contributed by atoms with Gasteiger partial charge in [-0.2, -0.15) is 0 Å². The second-order valence-corrected chi connectivity index (χ2v) is 5.17. The van der Waals surface area contributed by atoms with Crippen LogP contribution in [0, 0.1) is 11.6 Å². The highest BCUT2D eigenvalue weighted by Gasteiger charge is 2.34. The van der Waals surface area contributed by atoms with Gasteiger partial charge in [0.05, 0.1) is 12.6 Å². The number of hydrogen-bond donors (Lipinski definition) is 1. The van der Waals surface area contributed by atoms with Crippen LogP contribution >= 0.6 is 0 Å². The highest BCUT2D eigenvalue weighted by atomic mass is 19.1. The van der Waals surface area contributed by atoms with Crippen LogP contribution in [0.3, 0.4) is 0 Å². The van der Waals surface area contributed by atoms with Crippen LogP contribution < -0.4 is 0 Å². The van der Waals surface area contributed by atoms with Crippen molar-refractivity contribution in [3.8, 4) is 0 Å². The number of aliphatic hydroxyl groups is 1. The van der Waals surface area contributed by atoms with Gasteiger partial charge in [-0.05, 0) is 30.7 Å². The van der Waals surface area contributed by atoms with E-state index in [0.29, 0.717) is 25.3 Å². The topological polar surface area (TPSA) is 49.2 Å². The molecule has 0 spiro atoms. The van der Waals surface area contributed by atoms with Crippen molar-refractivity contribution in [1.82, 2.24) is 14.9 Å². The fourth-order valence-electron chi connectivity index (χ4n) is 2.74. The Hall–Kier alpha value is -1.92. The molecule has 1 N–H and O–H groups in total. The highest BCUT2D eigenvalue weighted by Crippen LogP contribution is 2.34. The summed E-state index contributed by atoms with van der Waals surface area (Å²) >= 11 is 0. The number of β-amino-alcohol motifs (C(OH)–C–C–N with tert-alkyl or cyclic N) is 1. The van der Waals surface area contributed by atoms with Gasteiger partial charge in [-0.1, -0.05) is 0 Å². The van der Waals surface area contributed by atoms with E-state index in [1.54, 1.807) is 18.5 Å². The first kappa shape index (κ1) is 14.0. The molecule has 2 atom stereocenters. The summed E-state index contributed by atoms with van der Waals surface area (Å²) in [6.45, 7) is 0.775. The Balaban J connectivity index is 1.87. The van der Waals surface area contributed by atoms with Gasteiger partial charge >= 0.3 is 0 Å². The molecule has 0 amide bonds. The third-order valence-electron chi connectivity index (χ3n) is 3.66. The summed E-state index contributed by atoms with van der Waals surface area (Å²) in [6.07, 6.45) is 3.06. The predicted molar refractivity (Wildman–Crippen MR) is 72.2 cm³/mol. The molecule has 0 aliphatic carbocycles. The van der Waals surface area contributed by atoms with E-state index in [1.807, 2.05) is 4.90 Å². The smallest absolute Gasteiger partial charge is 0.142 e. The van der Waals surface area contributed by atoms with E-state index in [1.165, 1.54) is 6.07 Å². The molecule has 1 aromatic heterocycles. The number of aromatic nitrogens is 2. The van der Waals surface area contributed by atoms with Crippen LogP contribution in [0.1, 0.15) is 23.9 Å². The lowest BCUT2D eigenvalue weighted by molar-refractivity contribution is 0.171. The average molecular weight is 291 g/mol. The Morgan fingerprint density at radius 3 is 2.76 bits per heavy atom. The Kier molecular flexibility index (Phi) is 3.90. The number of rotatable bonds is 3. The van der Waals surface area contributed by atoms with E-state index >= 15 is 0 Å². The molecular weight excluding hydrogens is 276 g/mol. The van der Waals surface area contributed by atoms with Gasteiger partial charge in [-0.25, -0.2) is 18.7 Å². The molecule has 0 unspecified atom stereocenters. The average Bonchev–Trinajstić information content (AvgIpc) is 2.83. The second kappa shape index (κ2) is 5.83. The maximum absolute atomic E-state index is 14.0. The summed E-state index contributed by atoms with van der Waals surface area (Å²) in [7, 11) is 0. The van der Waals surface area contributed by atoms with Crippen molar-refractivity contribution in [3.63, 3.8) is 0 Å². The third-order valence-corrected chi connectivity index (χ3v) is 3.66. The molecule has 110 valence electrons. The standard InChI is InChI=1S/C15H15F2N3O/c16-10-2-3-13(17)12(6-10)14-7-11(21)8-20(14)9-15-18-4-1-5-19-15/h1-6,11,14,21H,7-9H2/t11-,14-/m0/s1. The summed E-state index contributed by atoms with van der Waals surface area (Å²) in [6, 6.07) is 4.74. The van der Waals surface area contributed by atoms with Gasteiger partial charge in [-0.3, -0.25) is 4.90 Å². The van der Waals surface area contributed by atoms with Gasteiger partial charge in [0.1, 0.15) is 17.5 Å². The van der Waals surface area contributed by atoms with Crippen molar-refractivity contribution in [2.75, 3.05) is 6.54 Å². The quantitative estimate of drug-likeness (QED) is 0.940. The van der Waals surface area contributed by atoms with Crippen molar-refractivity contribution in [3.05, 3.63) is 59.7 Å². The first-order valence-corrected chi connectivity index (χ1v) is 6.76. The number of benzene rings is 1. The lowest BCUT2D eigenvalue weighted by atomic mass is 10.0. The molecule has 1 aromatic carbocycles. The van der Waals surface area contributed by atoms with E-state index in [4.69, 9.17) is 0 Å². The maximum Gasteiger partial charge on any atom is 0.142 e. The van der Waals surface area contributed by atoms with Crippen LogP contribution in [-0.4, -0.2) is 32.6 Å². The highest BCUT2D eigenvalue weighted by molar-refractivity contribution is 5.24. The fraction of sp³-hybridized carbons (Fsp3) is 0.333. The zero-order chi connectivity index (χ0) is 14.8. The molecular formula is C15H15F2N3O. The zero-order valence-corrected chi connectivity index (χ0v) is 11.3. The molecule has 4 nitrogen and oxygen atoms in total. The monoisotopic (exact) mass is 291 g/mol. The van der Waals surface area contributed by atoms with Crippen LogP contribution in [0.15, 0.2) is 36.7 Å². The van der Waals surface area contributed by atoms with Gasteiger partial charge in [0, 0.05) is 30.5 Å². The van der Waals surface area contributed by atoms with E-state index in [0.717, 1.165) is 12.1 Å². The molecule has 0 bridgehead atoms. The zero-order valence-electron chi connectivity index (χ0n) is 11.3. The molecule has 1 aliphatic rings. The predicted octanol–water partition coefficient (Wildman–Crippen LogP) is 2.06. The molecule has 1 saturated heterocycles. The number of nitrogens with zero attached hydrogens (tertiary/aromatic N) is 3. The van der Waals surface area contributed by atoms with E-state index in [-0.39, 0.29) is 11.6 Å². The summed E-state index contributed by atoms with van der Waals surface area (Å²) in [5.41, 5.74) is 0.266. The van der Waals surface area contributed by atoms with Gasteiger partial charge in [0.25, 0.3) is 0 Å². The molecule has 1 fully saturated rings. The normalized spacial score (nSPS) is 22.6. The Bertz CT molecular complexity index is 624. The maximum atomic E-state index is 14.0. The molecule has 0 saturated carbocycles. The van der Waals surface area contributed by atoms with E-state index in [9.17, 15) is 13.9 Å². The number of aliphatic hydroxyl groups excluding tert-OH is 1. The minimum Gasteiger partial charge on any atom is -0.392 e. The van der Waals surface area contributed by atoms with E-state index in [2.05, 4.69) is 9.97 Å². The molecule has 6 heteroatoms. The molecule has 3 rings (SSSR count). The van der Waals surface area contributed by atoms with Crippen molar-refractivity contribution in [2.24, 2.45) is 0 Å². The summed E-state index contributed by atoms with van der Waals surface area (Å²) < 4.78 is 27.3. The Morgan fingerprint density at radius 1 is 1.24 bits per heavy atom. The lowest BCUT2D eigenvalue weighted by Gasteiger charge is -2.24. The Labute approximate surface area is 121 Å². The number of hydrogen-bond acceptors (Lipinski definition) is 4. The largest absolute Gasteiger partial charge is 0.392 e. The lowest BCUT2D eigenvalue weighted by Crippen LogP contribution is -2.26. The van der Waals surface area contributed by atoms with Crippen molar-refractivity contribution in [2.45, 2.75) is 25.1 Å². The van der Waals surface area contributed by atoms with Crippen LogP contribution in [0.4, 0.5) is 8.78 Å². The fourth-order valence-corrected chi connectivity index (χ4v) is 2.74. The second-order valence-electron chi connectivity index (χ2n) is 5.17. The summed E-state index contributed by atoms with van der Waals surface area (Å²) in [5.74, 6) is -0.355. The minimum absolute atomic E-state index is 0.266. The molecule has 0 radical (unpaired) electrons. The van der Waals surface area contributed by atoms with Crippen LogP contribution in [0.5, 0.6) is 0 Å².